The van der Waals surface area contributed by atoms with Crippen molar-refractivity contribution in [1.82, 2.24) is 9.55 Å². The van der Waals surface area contributed by atoms with Gasteiger partial charge in [-0.25, -0.2) is 4.98 Å². The van der Waals surface area contributed by atoms with E-state index in [1.165, 1.54) is 6.42 Å². The molecule has 1 aliphatic carbocycles. The van der Waals surface area contributed by atoms with Crippen LogP contribution in [0.4, 0.5) is 5.82 Å². The third kappa shape index (κ3) is 3.56. The van der Waals surface area contributed by atoms with Crippen LogP contribution < -0.4 is 10.9 Å². The molecule has 0 unspecified atom stereocenters. The molecule has 1 heterocycles. The molecule has 0 aliphatic heterocycles. The van der Waals surface area contributed by atoms with E-state index >= 15 is 0 Å². The molecule has 0 spiro atoms. The van der Waals surface area contributed by atoms with Crippen LogP contribution in [0.1, 0.15) is 45.4 Å². The molecule has 0 aromatic carbocycles. The Kier molecular flexibility index (Phi) is 4.58. The van der Waals surface area contributed by atoms with Gasteiger partial charge in [0.25, 0.3) is 5.56 Å². The SMILES string of the molecule is CCCn1ccnc(NCC2(O)CCCCC2)c1=O. The minimum atomic E-state index is -0.683. The number of aryl methyl sites for hydroxylation is 1. The van der Waals surface area contributed by atoms with Gasteiger partial charge in [-0.05, 0) is 19.3 Å². The van der Waals surface area contributed by atoms with Gasteiger partial charge in [0.15, 0.2) is 5.82 Å². The molecule has 0 atom stereocenters. The summed E-state index contributed by atoms with van der Waals surface area (Å²) in [7, 11) is 0. The molecule has 0 saturated heterocycles. The molecular weight excluding hydrogens is 242 g/mol. The molecule has 5 nitrogen and oxygen atoms in total. The van der Waals surface area contributed by atoms with Crippen molar-refractivity contribution in [1.29, 1.82) is 0 Å². The van der Waals surface area contributed by atoms with E-state index in [2.05, 4.69) is 10.3 Å². The quantitative estimate of drug-likeness (QED) is 0.851. The third-order valence-electron chi connectivity index (χ3n) is 3.75. The standard InChI is InChI=1S/C14H23N3O2/c1-2-9-17-10-8-15-12(13(17)18)16-11-14(19)6-4-3-5-7-14/h8,10,19H,2-7,9,11H2,1H3,(H,15,16). The summed E-state index contributed by atoms with van der Waals surface area (Å²) in [6.45, 7) is 3.14. The molecule has 0 radical (unpaired) electrons. The molecular formula is C14H23N3O2. The van der Waals surface area contributed by atoms with Crippen molar-refractivity contribution in [2.75, 3.05) is 11.9 Å². The maximum absolute atomic E-state index is 12.1. The van der Waals surface area contributed by atoms with E-state index in [-0.39, 0.29) is 5.56 Å². The number of hydrogen-bond donors (Lipinski definition) is 2. The highest BCUT2D eigenvalue weighted by atomic mass is 16.3. The van der Waals surface area contributed by atoms with E-state index in [0.29, 0.717) is 18.9 Å². The van der Waals surface area contributed by atoms with Gasteiger partial charge in [0, 0.05) is 25.5 Å². The van der Waals surface area contributed by atoms with Gasteiger partial charge in [-0.3, -0.25) is 4.79 Å². The second-order valence-electron chi connectivity index (χ2n) is 5.41. The van der Waals surface area contributed by atoms with E-state index < -0.39 is 5.60 Å². The zero-order valence-electron chi connectivity index (χ0n) is 11.6. The van der Waals surface area contributed by atoms with Crippen LogP contribution in [0.25, 0.3) is 0 Å². The Bertz CT molecular complexity index is 464. The maximum Gasteiger partial charge on any atom is 0.293 e. The summed E-state index contributed by atoms with van der Waals surface area (Å²) in [6.07, 6.45) is 9.14. The zero-order chi connectivity index (χ0) is 13.7. The highest BCUT2D eigenvalue weighted by Crippen LogP contribution is 2.27. The van der Waals surface area contributed by atoms with Gasteiger partial charge in [-0.15, -0.1) is 0 Å². The minimum absolute atomic E-state index is 0.108. The largest absolute Gasteiger partial charge is 0.388 e. The Hall–Kier alpha value is -1.36. The van der Waals surface area contributed by atoms with Crippen LogP contribution in [0, 0.1) is 0 Å². The molecule has 2 rings (SSSR count). The minimum Gasteiger partial charge on any atom is -0.388 e. The first-order chi connectivity index (χ1) is 9.14. The number of hydrogen-bond acceptors (Lipinski definition) is 4. The molecule has 2 N–H and O–H groups in total. The summed E-state index contributed by atoms with van der Waals surface area (Å²) in [6, 6.07) is 0. The van der Waals surface area contributed by atoms with Crippen molar-refractivity contribution in [2.24, 2.45) is 0 Å². The first kappa shape index (κ1) is 14.1. The first-order valence-electron chi connectivity index (χ1n) is 7.16. The summed E-state index contributed by atoms with van der Waals surface area (Å²) in [5, 5.41) is 13.4. The monoisotopic (exact) mass is 265 g/mol. The number of nitrogens with zero attached hydrogens (tertiary/aromatic N) is 2. The molecule has 0 bridgehead atoms. The van der Waals surface area contributed by atoms with Crippen molar-refractivity contribution >= 4 is 5.82 Å². The van der Waals surface area contributed by atoms with Gasteiger partial charge in [0.2, 0.25) is 0 Å². The third-order valence-corrected chi connectivity index (χ3v) is 3.75. The van der Waals surface area contributed by atoms with Crippen molar-refractivity contribution in [3.63, 3.8) is 0 Å². The molecule has 0 amide bonds. The lowest BCUT2D eigenvalue weighted by Crippen LogP contribution is -2.40. The lowest BCUT2D eigenvalue weighted by molar-refractivity contribution is 0.0166. The average molecular weight is 265 g/mol. The smallest absolute Gasteiger partial charge is 0.293 e. The molecule has 1 aromatic heterocycles. The number of anilines is 1. The van der Waals surface area contributed by atoms with Crippen molar-refractivity contribution in [3.05, 3.63) is 22.7 Å². The predicted molar refractivity (Wildman–Crippen MR) is 75.3 cm³/mol. The normalized spacial score (nSPS) is 18.2. The number of nitrogens with one attached hydrogen (secondary N) is 1. The van der Waals surface area contributed by atoms with E-state index in [4.69, 9.17) is 0 Å². The maximum atomic E-state index is 12.1. The van der Waals surface area contributed by atoms with Gasteiger partial charge in [0.05, 0.1) is 5.60 Å². The summed E-state index contributed by atoms with van der Waals surface area (Å²) in [4.78, 5) is 16.2. The lowest BCUT2D eigenvalue weighted by Gasteiger charge is -2.32. The van der Waals surface area contributed by atoms with Crippen LogP contribution in [0.15, 0.2) is 17.2 Å². The molecule has 1 fully saturated rings. The summed E-state index contributed by atoms with van der Waals surface area (Å²) < 4.78 is 1.65. The van der Waals surface area contributed by atoms with Gasteiger partial charge in [-0.1, -0.05) is 26.2 Å². The fourth-order valence-corrected chi connectivity index (χ4v) is 2.62. The molecule has 1 aromatic rings. The molecule has 1 saturated carbocycles. The van der Waals surface area contributed by atoms with Crippen molar-refractivity contribution < 1.29 is 5.11 Å². The van der Waals surface area contributed by atoms with Gasteiger partial charge in [-0.2, -0.15) is 0 Å². The summed E-state index contributed by atoms with van der Waals surface area (Å²) in [5.74, 6) is 0.343. The number of aromatic nitrogens is 2. The second-order valence-corrected chi connectivity index (χ2v) is 5.41. The fraction of sp³-hybridized carbons (Fsp3) is 0.714. The van der Waals surface area contributed by atoms with E-state index in [1.807, 2.05) is 6.92 Å². The topological polar surface area (TPSA) is 67.2 Å². The Morgan fingerprint density at radius 2 is 2.16 bits per heavy atom. The van der Waals surface area contributed by atoms with Crippen molar-refractivity contribution in [3.8, 4) is 0 Å². The summed E-state index contributed by atoms with van der Waals surface area (Å²) >= 11 is 0. The first-order valence-corrected chi connectivity index (χ1v) is 7.16. The average Bonchev–Trinajstić information content (AvgIpc) is 2.41. The van der Waals surface area contributed by atoms with E-state index in [9.17, 15) is 9.90 Å². The number of rotatable bonds is 5. The highest BCUT2D eigenvalue weighted by molar-refractivity contribution is 5.31. The molecule has 5 heteroatoms. The zero-order valence-corrected chi connectivity index (χ0v) is 11.6. The van der Waals surface area contributed by atoms with E-state index in [0.717, 1.165) is 32.1 Å². The highest BCUT2D eigenvalue weighted by Gasteiger charge is 2.29. The Morgan fingerprint density at radius 1 is 1.42 bits per heavy atom. The van der Waals surface area contributed by atoms with Crippen LogP contribution in [0.3, 0.4) is 0 Å². The Labute approximate surface area is 113 Å². The van der Waals surface area contributed by atoms with Crippen LogP contribution in [-0.2, 0) is 6.54 Å². The number of aliphatic hydroxyl groups is 1. The summed E-state index contributed by atoms with van der Waals surface area (Å²) in [5.41, 5.74) is -0.790. The Morgan fingerprint density at radius 3 is 2.84 bits per heavy atom. The van der Waals surface area contributed by atoms with Crippen LogP contribution in [0.2, 0.25) is 0 Å². The lowest BCUT2D eigenvalue weighted by atomic mass is 9.85. The van der Waals surface area contributed by atoms with E-state index in [1.54, 1.807) is 17.0 Å². The molecule has 1 aliphatic rings. The fourth-order valence-electron chi connectivity index (χ4n) is 2.62. The van der Waals surface area contributed by atoms with Gasteiger partial charge in [0.1, 0.15) is 0 Å². The van der Waals surface area contributed by atoms with Crippen molar-refractivity contribution in [2.45, 2.75) is 57.6 Å². The molecule has 19 heavy (non-hydrogen) atoms. The van der Waals surface area contributed by atoms with Crippen LogP contribution >= 0.6 is 0 Å². The van der Waals surface area contributed by atoms with Crippen LogP contribution in [-0.4, -0.2) is 26.8 Å². The van der Waals surface area contributed by atoms with Crippen LogP contribution in [0.5, 0.6) is 0 Å². The van der Waals surface area contributed by atoms with Gasteiger partial charge < -0.3 is 15.0 Å². The predicted octanol–water partition coefficient (Wildman–Crippen LogP) is 1.76. The molecule has 106 valence electrons. The van der Waals surface area contributed by atoms with Gasteiger partial charge >= 0.3 is 0 Å². The second kappa shape index (κ2) is 6.19. The Balaban J connectivity index is 2.03.